The van der Waals surface area contributed by atoms with E-state index in [-0.39, 0.29) is 24.2 Å². The fraction of sp³-hybridized carbons (Fsp3) is 0.611. The lowest BCUT2D eigenvalue weighted by molar-refractivity contribution is -0.129. The number of hydrogen-bond acceptors (Lipinski definition) is 4. The maximum atomic E-state index is 12.3. The minimum absolute atomic E-state index is 0.0349. The van der Waals surface area contributed by atoms with Gasteiger partial charge in [0, 0.05) is 18.7 Å². The van der Waals surface area contributed by atoms with Crippen molar-refractivity contribution >= 4 is 5.91 Å². The molecule has 1 aromatic rings. The Kier molecular flexibility index (Phi) is 6.42. The highest BCUT2D eigenvalue weighted by molar-refractivity contribution is 5.82. The number of rotatable bonds is 6. The predicted octanol–water partition coefficient (Wildman–Crippen LogP) is 2.17. The van der Waals surface area contributed by atoms with Crippen LogP contribution in [0.1, 0.15) is 38.3 Å². The zero-order valence-electron chi connectivity index (χ0n) is 14.5. The lowest BCUT2D eigenvalue weighted by Gasteiger charge is -2.29. The highest BCUT2D eigenvalue weighted by atomic mass is 16.5. The molecule has 2 rings (SSSR count). The van der Waals surface area contributed by atoms with Gasteiger partial charge in [-0.15, -0.1) is 0 Å². The van der Waals surface area contributed by atoms with Crippen LogP contribution in [-0.2, 0) is 16.1 Å². The van der Waals surface area contributed by atoms with Gasteiger partial charge < -0.3 is 20.1 Å². The Morgan fingerprint density at radius 1 is 1.52 bits per heavy atom. The summed E-state index contributed by atoms with van der Waals surface area (Å²) >= 11 is 0. The van der Waals surface area contributed by atoms with Gasteiger partial charge in [0.05, 0.1) is 18.8 Å². The molecular weight excluding hydrogens is 292 g/mol. The molecule has 1 aliphatic heterocycles. The first-order valence-corrected chi connectivity index (χ1v) is 8.40. The Hall–Kier alpha value is -1.59. The zero-order chi connectivity index (χ0) is 16.8. The van der Waals surface area contributed by atoms with Crippen molar-refractivity contribution in [2.24, 2.45) is 0 Å². The van der Waals surface area contributed by atoms with Crippen molar-refractivity contribution in [3.05, 3.63) is 29.3 Å². The average Bonchev–Trinajstić information content (AvgIpc) is 2.54. The van der Waals surface area contributed by atoms with Gasteiger partial charge in [-0.25, -0.2) is 0 Å². The molecular formula is C18H28N2O3. The van der Waals surface area contributed by atoms with Gasteiger partial charge in [0.15, 0.2) is 0 Å². The third-order valence-corrected chi connectivity index (χ3v) is 4.18. The van der Waals surface area contributed by atoms with Crippen molar-refractivity contribution < 1.29 is 14.3 Å². The summed E-state index contributed by atoms with van der Waals surface area (Å²) in [4.78, 5) is 12.3. The molecule has 5 heteroatoms. The average molecular weight is 320 g/mol. The molecule has 128 valence electrons. The highest BCUT2D eigenvalue weighted by Crippen LogP contribution is 2.22. The third-order valence-electron chi connectivity index (χ3n) is 4.18. The van der Waals surface area contributed by atoms with E-state index in [1.165, 1.54) is 0 Å². The van der Waals surface area contributed by atoms with E-state index >= 15 is 0 Å². The molecule has 0 spiro atoms. The predicted molar refractivity (Wildman–Crippen MR) is 90.6 cm³/mol. The Labute approximate surface area is 138 Å². The van der Waals surface area contributed by atoms with E-state index in [0.29, 0.717) is 19.7 Å². The quantitative estimate of drug-likeness (QED) is 0.843. The minimum Gasteiger partial charge on any atom is -0.490 e. The SMILES string of the molecule is CCC(C)Oc1cc(C)ccc1CNC(=O)[C@H]1NCCO[C@@H]1C. The Morgan fingerprint density at radius 2 is 2.30 bits per heavy atom. The molecule has 0 aromatic heterocycles. The van der Waals surface area contributed by atoms with Crippen LogP contribution >= 0.6 is 0 Å². The number of hydrogen-bond donors (Lipinski definition) is 2. The second-order valence-electron chi connectivity index (χ2n) is 6.17. The molecule has 1 aliphatic rings. The number of benzene rings is 1. The van der Waals surface area contributed by atoms with Gasteiger partial charge in [-0.1, -0.05) is 19.1 Å². The number of aryl methyl sites for hydroxylation is 1. The van der Waals surface area contributed by atoms with Gasteiger partial charge in [0.2, 0.25) is 5.91 Å². The summed E-state index contributed by atoms with van der Waals surface area (Å²) in [5, 5.41) is 6.19. The lowest BCUT2D eigenvalue weighted by atomic mass is 10.1. The maximum absolute atomic E-state index is 12.3. The number of carbonyl (C=O) groups is 1. The van der Waals surface area contributed by atoms with Crippen LogP contribution in [0.2, 0.25) is 0 Å². The zero-order valence-corrected chi connectivity index (χ0v) is 14.5. The van der Waals surface area contributed by atoms with Crippen LogP contribution in [0, 0.1) is 6.92 Å². The van der Waals surface area contributed by atoms with Crippen molar-refractivity contribution in [3.63, 3.8) is 0 Å². The molecule has 0 aliphatic carbocycles. The first kappa shape index (κ1) is 17.8. The van der Waals surface area contributed by atoms with Gasteiger partial charge in [-0.05, 0) is 38.8 Å². The minimum atomic E-state index is -0.298. The monoisotopic (exact) mass is 320 g/mol. The number of carbonyl (C=O) groups excluding carboxylic acids is 1. The van der Waals surface area contributed by atoms with E-state index in [0.717, 1.165) is 23.3 Å². The van der Waals surface area contributed by atoms with E-state index in [9.17, 15) is 4.79 Å². The second kappa shape index (κ2) is 8.31. The van der Waals surface area contributed by atoms with E-state index in [4.69, 9.17) is 9.47 Å². The van der Waals surface area contributed by atoms with E-state index < -0.39 is 0 Å². The number of morpholine rings is 1. The van der Waals surface area contributed by atoms with Gasteiger partial charge in [-0.2, -0.15) is 0 Å². The fourth-order valence-corrected chi connectivity index (χ4v) is 2.54. The summed E-state index contributed by atoms with van der Waals surface area (Å²) in [6, 6.07) is 5.78. The Balaban J connectivity index is 2.00. The summed E-state index contributed by atoms with van der Waals surface area (Å²) in [7, 11) is 0. The first-order valence-electron chi connectivity index (χ1n) is 8.40. The summed E-state index contributed by atoms with van der Waals surface area (Å²) < 4.78 is 11.5. The van der Waals surface area contributed by atoms with Crippen molar-refractivity contribution in [3.8, 4) is 5.75 Å². The molecule has 5 nitrogen and oxygen atoms in total. The molecule has 1 heterocycles. The maximum Gasteiger partial charge on any atom is 0.240 e. The fourth-order valence-electron chi connectivity index (χ4n) is 2.54. The molecule has 0 bridgehead atoms. The van der Waals surface area contributed by atoms with Crippen LogP contribution in [0.4, 0.5) is 0 Å². The molecule has 1 saturated heterocycles. The van der Waals surface area contributed by atoms with Crippen molar-refractivity contribution in [2.45, 2.75) is 58.9 Å². The van der Waals surface area contributed by atoms with Crippen LogP contribution < -0.4 is 15.4 Å². The summed E-state index contributed by atoms with van der Waals surface area (Å²) in [5.74, 6) is 0.813. The summed E-state index contributed by atoms with van der Waals surface area (Å²) in [6.07, 6.45) is 0.984. The number of amides is 1. The normalized spacial score (nSPS) is 22.4. The van der Waals surface area contributed by atoms with Gasteiger partial charge in [0.1, 0.15) is 11.8 Å². The standard InChI is InChI=1S/C18H28N2O3/c1-5-13(3)23-16-10-12(2)6-7-15(16)11-20-18(21)17-14(4)22-9-8-19-17/h6-7,10,13-14,17,19H,5,8-9,11H2,1-4H3,(H,20,21)/t13?,14-,17+/m1/s1. The Bertz CT molecular complexity index is 533. The van der Waals surface area contributed by atoms with E-state index in [1.54, 1.807) is 0 Å². The van der Waals surface area contributed by atoms with E-state index in [2.05, 4.69) is 24.5 Å². The van der Waals surface area contributed by atoms with Crippen molar-refractivity contribution in [1.29, 1.82) is 0 Å². The number of ether oxygens (including phenoxy) is 2. The topological polar surface area (TPSA) is 59.6 Å². The molecule has 3 atom stereocenters. The van der Waals surface area contributed by atoms with Gasteiger partial charge >= 0.3 is 0 Å². The third kappa shape index (κ3) is 4.94. The molecule has 23 heavy (non-hydrogen) atoms. The smallest absolute Gasteiger partial charge is 0.240 e. The molecule has 1 fully saturated rings. The van der Waals surface area contributed by atoms with Crippen LogP contribution in [0.15, 0.2) is 18.2 Å². The lowest BCUT2D eigenvalue weighted by Crippen LogP contribution is -2.55. The van der Waals surface area contributed by atoms with E-state index in [1.807, 2.05) is 32.0 Å². The highest BCUT2D eigenvalue weighted by Gasteiger charge is 2.28. The molecule has 0 radical (unpaired) electrons. The molecule has 1 amide bonds. The first-order chi connectivity index (χ1) is 11.0. The summed E-state index contributed by atoms with van der Waals surface area (Å²) in [6.45, 7) is 9.91. The second-order valence-corrected chi connectivity index (χ2v) is 6.17. The van der Waals surface area contributed by atoms with Gasteiger partial charge in [0.25, 0.3) is 0 Å². The molecule has 1 aromatic carbocycles. The van der Waals surface area contributed by atoms with Gasteiger partial charge in [-0.3, -0.25) is 4.79 Å². The van der Waals surface area contributed by atoms with Crippen LogP contribution in [-0.4, -0.2) is 37.3 Å². The van der Waals surface area contributed by atoms with Crippen LogP contribution in [0.5, 0.6) is 5.75 Å². The summed E-state index contributed by atoms with van der Waals surface area (Å²) in [5.41, 5.74) is 2.14. The van der Waals surface area contributed by atoms with Crippen molar-refractivity contribution in [1.82, 2.24) is 10.6 Å². The Morgan fingerprint density at radius 3 is 3.00 bits per heavy atom. The van der Waals surface area contributed by atoms with Crippen LogP contribution in [0.25, 0.3) is 0 Å². The largest absolute Gasteiger partial charge is 0.490 e. The molecule has 0 saturated carbocycles. The molecule has 1 unspecified atom stereocenters. The van der Waals surface area contributed by atoms with Crippen LogP contribution in [0.3, 0.4) is 0 Å². The molecule has 2 N–H and O–H groups in total. The van der Waals surface area contributed by atoms with Crippen molar-refractivity contribution in [2.75, 3.05) is 13.2 Å². The number of nitrogens with one attached hydrogen (secondary N) is 2.